The molecule has 0 aromatic carbocycles. The van der Waals surface area contributed by atoms with E-state index in [1.165, 1.54) is 17.7 Å². The lowest BCUT2D eigenvalue weighted by Gasteiger charge is -2.37. The molecule has 0 aliphatic heterocycles. The van der Waals surface area contributed by atoms with Crippen LogP contribution in [0.2, 0.25) is 11.6 Å². The maximum absolute atomic E-state index is 6.18. The minimum atomic E-state index is -1.01. The molecule has 15 heavy (non-hydrogen) atoms. The molecule has 0 bridgehead atoms. The summed E-state index contributed by atoms with van der Waals surface area (Å²) < 4.78 is 6.18. The Morgan fingerprint density at radius 3 is 3.00 bits per heavy atom. The minimum Gasteiger partial charge on any atom is -0.492 e. The number of hydrogen-bond acceptors (Lipinski definition) is 2. The number of nitrogens with zero attached hydrogens (tertiary/aromatic N) is 1. The van der Waals surface area contributed by atoms with Crippen molar-refractivity contribution in [1.29, 1.82) is 0 Å². The average molecular weight is 219 g/mol. The van der Waals surface area contributed by atoms with Crippen LogP contribution in [0.1, 0.15) is 31.0 Å². The summed E-state index contributed by atoms with van der Waals surface area (Å²) in [5, 5.41) is 0. The molecule has 1 aromatic heterocycles. The summed E-state index contributed by atoms with van der Waals surface area (Å²) in [6.45, 7) is 2.20. The van der Waals surface area contributed by atoms with Gasteiger partial charge in [0.15, 0.2) is 0 Å². The lowest BCUT2D eigenvalue weighted by atomic mass is 9.84. The van der Waals surface area contributed by atoms with E-state index in [2.05, 4.69) is 29.5 Å². The molecule has 2 nitrogen and oxygen atoms in total. The Labute approximate surface area is 96.4 Å². The average Bonchev–Trinajstić information content (AvgIpc) is 2.17. The van der Waals surface area contributed by atoms with Crippen molar-refractivity contribution in [2.45, 2.75) is 43.4 Å². The number of pyridine rings is 1. The zero-order valence-electron chi connectivity index (χ0n) is 9.79. The van der Waals surface area contributed by atoms with Crippen molar-refractivity contribution >= 4 is 14.5 Å². The van der Waals surface area contributed by atoms with Crippen LogP contribution in [-0.4, -0.2) is 19.5 Å². The van der Waals surface area contributed by atoms with Crippen LogP contribution >= 0.6 is 0 Å². The fourth-order valence-corrected chi connectivity index (χ4v) is 3.76. The van der Waals surface area contributed by atoms with Crippen molar-refractivity contribution in [2.24, 2.45) is 0 Å². The Bertz CT molecular complexity index is 353. The Balaban J connectivity index is 2.36. The van der Waals surface area contributed by atoms with Crippen molar-refractivity contribution in [1.82, 2.24) is 4.98 Å². The van der Waals surface area contributed by atoms with Crippen LogP contribution in [0.5, 0.6) is 0 Å². The van der Waals surface area contributed by atoms with Crippen LogP contribution in [0, 0.1) is 0 Å². The van der Waals surface area contributed by atoms with Crippen molar-refractivity contribution in [2.75, 3.05) is 0 Å². The molecule has 0 fully saturated rings. The number of aromatic nitrogens is 1. The molecule has 1 aliphatic rings. The second-order valence-corrected chi connectivity index (χ2v) is 7.10. The molecule has 1 unspecified atom stereocenters. The number of fused-ring (bicyclic) bond motifs is 1. The zero-order valence-corrected chi connectivity index (χ0v) is 10.9. The van der Waals surface area contributed by atoms with E-state index in [1.807, 2.05) is 12.3 Å². The zero-order chi connectivity index (χ0) is 10.9. The Kier molecular flexibility index (Phi) is 3.16. The summed E-state index contributed by atoms with van der Waals surface area (Å²) in [6.07, 6.45) is 5.37. The van der Waals surface area contributed by atoms with Gasteiger partial charge in [0.1, 0.15) is 0 Å². The molecule has 0 N–H and O–H groups in total. The number of rotatable bonds is 2. The Morgan fingerprint density at radius 1 is 1.47 bits per heavy atom. The quantitative estimate of drug-likeness (QED) is 0.713. The molecular weight excluding hydrogens is 201 g/mol. The number of aryl methyl sites for hydroxylation is 1. The van der Waals surface area contributed by atoms with Gasteiger partial charge in [-0.3, -0.25) is 4.98 Å². The first-order valence-corrected chi connectivity index (χ1v) is 8.52. The summed E-state index contributed by atoms with van der Waals surface area (Å²) in [7, 11) is 0. The van der Waals surface area contributed by atoms with Gasteiger partial charge in [-0.2, -0.15) is 0 Å². The van der Waals surface area contributed by atoms with Gasteiger partial charge in [-0.25, -0.2) is 0 Å². The van der Waals surface area contributed by atoms with E-state index >= 15 is 0 Å². The topological polar surface area (TPSA) is 22.1 Å². The first kappa shape index (κ1) is 11.1. The van der Waals surface area contributed by atoms with Crippen molar-refractivity contribution < 1.29 is 3.79 Å². The van der Waals surface area contributed by atoms with Gasteiger partial charge in [-0.15, -0.1) is 0 Å². The predicted molar refractivity (Wildman–Crippen MR) is 63.1 cm³/mol. The van der Waals surface area contributed by atoms with Gasteiger partial charge in [0.2, 0.25) is 0 Å². The summed E-state index contributed by atoms with van der Waals surface area (Å²) in [5.41, 5.74) is 2.44. The Hall–Kier alpha value is -0.358. The van der Waals surface area contributed by atoms with Crippen LogP contribution in [0.15, 0.2) is 18.3 Å². The van der Waals surface area contributed by atoms with Crippen LogP contribution in [0.3, 0.4) is 0 Å². The van der Waals surface area contributed by atoms with Gasteiger partial charge in [-0.1, -0.05) is 17.6 Å². The second kappa shape index (κ2) is 4.25. The van der Waals surface area contributed by atoms with E-state index in [4.69, 9.17) is 3.79 Å². The summed E-state index contributed by atoms with van der Waals surface area (Å²) in [5.74, 6) is 4.45. The fraction of sp³-hybridized carbons (Fsp3) is 0.583. The second-order valence-electron chi connectivity index (χ2n) is 4.76. The highest BCUT2D eigenvalue weighted by atomic mass is 27.2. The van der Waals surface area contributed by atoms with E-state index in [1.54, 1.807) is 0 Å². The fourth-order valence-electron chi connectivity index (χ4n) is 2.49. The van der Waals surface area contributed by atoms with E-state index in [0.717, 1.165) is 12.8 Å². The maximum Gasteiger partial charge on any atom is 0.454 e. The summed E-state index contributed by atoms with van der Waals surface area (Å²) in [4.78, 5) is 4.52. The number of hydrogen-bond donors (Lipinski definition) is 0. The van der Waals surface area contributed by atoms with Crippen molar-refractivity contribution in [3.8, 4) is 0 Å². The van der Waals surface area contributed by atoms with Crippen molar-refractivity contribution in [3.05, 3.63) is 29.6 Å². The van der Waals surface area contributed by atoms with E-state index in [9.17, 15) is 0 Å². The highest BCUT2D eigenvalue weighted by Crippen LogP contribution is 2.36. The van der Waals surface area contributed by atoms with E-state index in [-0.39, 0.29) is 5.60 Å². The minimum absolute atomic E-state index is 0.116. The lowest BCUT2D eigenvalue weighted by molar-refractivity contribution is 0.0617. The largest absolute Gasteiger partial charge is 0.492 e. The molecule has 3 heteroatoms. The molecule has 0 amide bonds. The highest BCUT2D eigenvalue weighted by Gasteiger charge is 2.34. The first-order valence-electron chi connectivity index (χ1n) is 5.74. The molecule has 1 aromatic rings. The molecule has 0 saturated heterocycles. The van der Waals surface area contributed by atoms with Gasteiger partial charge in [0.25, 0.3) is 0 Å². The molecule has 2 rings (SSSR count). The normalized spacial score (nSPS) is 24.7. The Morgan fingerprint density at radius 2 is 2.27 bits per heavy atom. The molecular formula is C12H18AlNO. The molecule has 80 valence electrons. The third-order valence-corrected chi connectivity index (χ3v) is 3.98. The van der Waals surface area contributed by atoms with Gasteiger partial charge in [0, 0.05) is 6.20 Å². The lowest BCUT2D eigenvalue weighted by Crippen LogP contribution is -2.35. The highest BCUT2D eigenvalue weighted by molar-refractivity contribution is 6.48. The molecule has 1 heterocycles. The standard InChI is InChI=1S/C10H12NO.2CH3.Al/c1-10(12)6-2-4-8-5-3-7-11-9(8)10;;;/h3,5,7H,2,4,6H2,1H3;2*1H3;/q-1;;;+1. The summed E-state index contributed by atoms with van der Waals surface area (Å²) in [6, 6.07) is 4.21. The van der Waals surface area contributed by atoms with Gasteiger partial charge < -0.3 is 3.79 Å². The molecule has 1 atom stereocenters. The van der Waals surface area contributed by atoms with Gasteiger partial charge in [0.05, 0.1) is 11.3 Å². The monoisotopic (exact) mass is 219 g/mol. The van der Waals surface area contributed by atoms with Crippen LogP contribution < -0.4 is 0 Å². The van der Waals surface area contributed by atoms with E-state index < -0.39 is 14.5 Å². The smallest absolute Gasteiger partial charge is 0.454 e. The van der Waals surface area contributed by atoms with Gasteiger partial charge >= 0.3 is 14.5 Å². The molecule has 0 spiro atoms. The van der Waals surface area contributed by atoms with Crippen LogP contribution in [0.4, 0.5) is 0 Å². The summed E-state index contributed by atoms with van der Waals surface area (Å²) >= 11 is -1.01. The first-order chi connectivity index (χ1) is 7.12. The third-order valence-electron chi connectivity index (χ3n) is 2.99. The molecule has 0 radical (unpaired) electrons. The third kappa shape index (κ3) is 2.25. The van der Waals surface area contributed by atoms with E-state index in [0.29, 0.717) is 0 Å². The van der Waals surface area contributed by atoms with Gasteiger partial charge in [-0.05, 0) is 37.8 Å². The maximum atomic E-state index is 6.18. The molecule has 1 aliphatic carbocycles. The predicted octanol–water partition coefficient (Wildman–Crippen LogP) is 2.90. The van der Waals surface area contributed by atoms with Crippen molar-refractivity contribution in [3.63, 3.8) is 0 Å². The SMILES string of the molecule is [CH3][Al]([CH3])[O]C1(C)CCCc2cccnc21. The molecule has 0 saturated carbocycles. The van der Waals surface area contributed by atoms with Crippen LogP contribution in [0.25, 0.3) is 0 Å². The van der Waals surface area contributed by atoms with Crippen LogP contribution in [-0.2, 0) is 15.8 Å².